The van der Waals surface area contributed by atoms with Crippen molar-refractivity contribution in [3.8, 4) is 11.5 Å². The van der Waals surface area contributed by atoms with E-state index in [0.29, 0.717) is 20.9 Å². The van der Waals surface area contributed by atoms with E-state index in [2.05, 4.69) is 52.8 Å². The third-order valence-electron chi connectivity index (χ3n) is 5.55. The molecule has 0 amide bonds. The Kier molecular flexibility index (Phi) is 10.4. The second-order valence-corrected chi connectivity index (χ2v) is 11.0. The van der Waals surface area contributed by atoms with Gasteiger partial charge in [0.1, 0.15) is 46.3 Å². The van der Waals surface area contributed by atoms with Crippen LogP contribution in [0.15, 0.2) is 42.5 Å². The van der Waals surface area contributed by atoms with E-state index in [1.165, 1.54) is 0 Å². The number of nitrogens with zero attached hydrogens (tertiary/aromatic N) is 3. The van der Waals surface area contributed by atoms with Gasteiger partial charge in [0.25, 0.3) is 0 Å². The Morgan fingerprint density at radius 1 is 1.06 bits per heavy atom. The lowest BCUT2D eigenvalue weighted by Gasteiger charge is -2.27. The summed E-state index contributed by atoms with van der Waals surface area (Å²) in [6.07, 6.45) is -1.47. The minimum atomic E-state index is -0.777. The Labute approximate surface area is 236 Å². The third kappa shape index (κ3) is 7.41. The maximum atomic E-state index is 10.3. The van der Waals surface area contributed by atoms with E-state index in [1.54, 1.807) is 4.68 Å². The summed E-state index contributed by atoms with van der Waals surface area (Å²) >= 11 is 9.91. The van der Waals surface area contributed by atoms with Crippen LogP contribution < -0.4 is 9.47 Å². The molecule has 0 saturated heterocycles. The Morgan fingerprint density at radius 3 is 2.31 bits per heavy atom. The fourth-order valence-electron chi connectivity index (χ4n) is 3.37. The molecule has 0 fully saturated rings. The summed E-state index contributed by atoms with van der Waals surface area (Å²) in [5, 5.41) is 37.0. The molecule has 0 unspecified atom stereocenters. The van der Waals surface area contributed by atoms with E-state index in [-0.39, 0.29) is 37.7 Å². The van der Waals surface area contributed by atoms with Crippen molar-refractivity contribution in [2.75, 3.05) is 19.1 Å². The van der Waals surface area contributed by atoms with E-state index < -0.39 is 12.2 Å². The third-order valence-corrected chi connectivity index (χ3v) is 7.93. The van der Waals surface area contributed by atoms with Crippen LogP contribution in [0.25, 0.3) is 0 Å². The molecule has 0 aliphatic heterocycles. The van der Waals surface area contributed by atoms with Gasteiger partial charge in [-0.2, -0.15) is 0 Å². The molecule has 0 radical (unpaired) electrons. The number of halogens is 3. The lowest BCUT2D eigenvalue weighted by Crippen LogP contribution is -2.25. The molecule has 11 heteroatoms. The molecule has 1 heterocycles. The van der Waals surface area contributed by atoms with E-state index in [9.17, 15) is 15.3 Å². The Hall–Kier alpha value is -1.19. The summed E-state index contributed by atoms with van der Waals surface area (Å²) in [5.41, 5.74) is 2.46. The van der Waals surface area contributed by atoms with Gasteiger partial charge in [0.15, 0.2) is 0 Å². The highest BCUT2D eigenvalue weighted by molar-refractivity contribution is 14.1. The molecule has 8 nitrogen and oxygen atoms in total. The van der Waals surface area contributed by atoms with Crippen molar-refractivity contribution in [2.24, 2.45) is 0 Å². The number of hydrogen-bond acceptors (Lipinski definition) is 7. The topological polar surface area (TPSA) is 110 Å². The minimum Gasteiger partial charge on any atom is -0.491 e. The minimum absolute atomic E-state index is 0.102. The fourth-order valence-corrected chi connectivity index (χ4v) is 4.70. The number of aliphatic hydroxyl groups excluding tert-OH is 3. The van der Waals surface area contributed by atoms with Crippen LogP contribution >= 0.6 is 56.8 Å². The second kappa shape index (κ2) is 12.9. The van der Waals surface area contributed by atoms with Crippen LogP contribution in [0.5, 0.6) is 11.5 Å². The van der Waals surface area contributed by atoms with Gasteiger partial charge in [-0.05, 0) is 80.6 Å². The van der Waals surface area contributed by atoms with Gasteiger partial charge in [-0.3, -0.25) is 0 Å². The second-order valence-electron chi connectivity index (χ2n) is 8.55. The fraction of sp³-hybridized carbons (Fsp3) is 0.417. The van der Waals surface area contributed by atoms with Crippen LogP contribution in [0.2, 0.25) is 0 Å². The van der Waals surface area contributed by atoms with Crippen molar-refractivity contribution in [3.05, 3.63) is 66.6 Å². The van der Waals surface area contributed by atoms with Crippen LogP contribution in [0.3, 0.4) is 0 Å². The van der Waals surface area contributed by atoms with Crippen molar-refractivity contribution < 1.29 is 24.8 Å². The number of benzene rings is 2. The average Bonchev–Trinajstić information content (AvgIpc) is 3.20. The van der Waals surface area contributed by atoms with Gasteiger partial charge in [-0.25, -0.2) is 4.68 Å². The highest BCUT2D eigenvalue weighted by Crippen LogP contribution is 2.35. The molecular weight excluding hydrogens is 696 g/mol. The molecule has 0 aliphatic carbocycles. The molecule has 1 aromatic heterocycles. The highest BCUT2D eigenvalue weighted by atomic mass is 127. The van der Waals surface area contributed by atoms with Gasteiger partial charge in [-0.15, -0.1) is 16.7 Å². The van der Waals surface area contributed by atoms with Gasteiger partial charge in [0, 0.05) is 5.41 Å². The molecule has 2 atom stereocenters. The van der Waals surface area contributed by atoms with E-state index in [1.807, 2.05) is 59.0 Å². The first-order chi connectivity index (χ1) is 16.6. The summed E-state index contributed by atoms with van der Waals surface area (Å²) in [7, 11) is 0. The number of hydrogen-bond donors (Lipinski definition) is 3. The zero-order chi connectivity index (χ0) is 25.6. The number of ether oxygens (including phenoxy) is 2. The first kappa shape index (κ1) is 28.4. The molecule has 3 rings (SSSR count). The van der Waals surface area contributed by atoms with Gasteiger partial charge in [0.2, 0.25) is 0 Å². The van der Waals surface area contributed by atoms with Crippen LogP contribution in [0.1, 0.15) is 30.7 Å². The van der Waals surface area contributed by atoms with Crippen molar-refractivity contribution in [1.29, 1.82) is 0 Å². The molecule has 0 bridgehead atoms. The Morgan fingerprint density at radius 2 is 1.71 bits per heavy atom. The van der Waals surface area contributed by atoms with Crippen molar-refractivity contribution >= 4 is 56.8 Å². The molecular formula is C24H28ClI2N3O5. The SMILES string of the molecule is CC(C)(c1ccc(OC[C@@H](O)Cn2nnc(CO)c2[123I])cc1)c1ccc(OC[C@H](O)CCl)c(I)c1. The molecule has 0 saturated carbocycles. The van der Waals surface area contributed by atoms with Gasteiger partial charge in [-0.1, -0.05) is 37.3 Å². The molecule has 0 spiro atoms. The number of alkyl halides is 1. The monoisotopic (exact) mass is 723 g/mol. The Bertz CT molecular complexity index is 1110. The standard InChI is InChI=1S/C24H28ClI2N3O5/c1-24(2,16-5-8-22(20(26)9-16)35-13-17(32)10-25)15-3-6-19(7-4-15)34-14-18(33)11-30-23(27)21(12-31)28-29-30/h3-9,17-18,31-33H,10-14H2,1-2H3/t17-,18+/m1/s1/i27-4. The summed E-state index contributed by atoms with van der Waals surface area (Å²) in [6.45, 7) is 4.58. The predicted molar refractivity (Wildman–Crippen MR) is 150 cm³/mol. The summed E-state index contributed by atoms with van der Waals surface area (Å²) in [6, 6.07) is 13.8. The maximum absolute atomic E-state index is 10.3. The predicted octanol–water partition coefficient (Wildman–Crippen LogP) is 3.72. The largest absolute Gasteiger partial charge is 0.491 e. The first-order valence-corrected chi connectivity index (χ1v) is 13.6. The van der Waals surface area contributed by atoms with Crippen molar-refractivity contribution in [3.63, 3.8) is 0 Å². The molecule has 3 aromatic rings. The smallest absolute Gasteiger partial charge is 0.132 e. The molecule has 35 heavy (non-hydrogen) atoms. The van der Waals surface area contributed by atoms with E-state index >= 15 is 0 Å². The van der Waals surface area contributed by atoms with Gasteiger partial charge in [0.05, 0.1) is 22.6 Å². The Balaban J connectivity index is 1.60. The van der Waals surface area contributed by atoms with Crippen molar-refractivity contribution in [2.45, 2.75) is 44.6 Å². The summed E-state index contributed by atoms with van der Waals surface area (Å²) < 4.78 is 14.6. The van der Waals surface area contributed by atoms with Crippen LogP contribution in [-0.4, -0.2) is 61.6 Å². The van der Waals surface area contributed by atoms with Gasteiger partial charge >= 0.3 is 0 Å². The van der Waals surface area contributed by atoms with E-state index in [0.717, 1.165) is 14.7 Å². The van der Waals surface area contributed by atoms with E-state index in [4.69, 9.17) is 21.1 Å². The zero-order valence-electron chi connectivity index (χ0n) is 19.4. The first-order valence-electron chi connectivity index (χ1n) is 10.9. The zero-order valence-corrected chi connectivity index (χ0v) is 24.4. The summed E-state index contributed by atoms with van der Waals surface area (Å²) in [4.78, 5) is 0. The average molecular weight is 724 g/mol. The highest BCUT2D eigenvalue weighted by Gasteiger charge is 2.24. The molecule has 190 valence electrons. The normalized spacial score (nSPS) is 13.5. The lowest BCUT2D eigenvalue weighted by atomic mass is 9.78. The lowest BCUT2D eigenvalue weighted by molar-refractivity contribution is 0.0881. The number of rotatable bonds is 12. The maximum Gasteiger partial charge on any atom is 0.132 e. The summed E-state index contributed by atoms with van der Waals surface area (Å²) in [5.74, 6) is 1.50. The molecule has 3 N–H and O–H groups in total. The van der Waals surface area contributed by atoms with Crippen LogP contribution in [0.4, 0.5) is 0 Å². The number of aliphatic hydroxyl groups is 3. The number of aromatic nitrogens is 3. The van der Waals surface area contributed by atoms with Gasteiger partial charge < -0.3 is 24.8 Å². The molecule has 0 aliphatic rings. The van der Waals surface area contributed by atoms with Crippen LogP contribution in [-0.2, 0) is 18.6 Å². The molecule has 2 aromatic carbocycles. The quantitative estimate of drug-likeness (QED) is 0.193. The van der Waals surface area contributed by atoms with Crippen LogP contribution in [0, 0.1) is 7.27 Å². The van der Waals surface area contributed by atoms with Crippen molar-refractivity contribution in [1.82, 2.24) is 15.0 Å².